The highest BCUT2D eigenvalue weighted by atomic mass is 16.4. The molecule has 4 N–H and O–H groups in total. The van der Waals surface area contributed by atoms with Crippen molar-refractivity contribution in [2.24, 2.45) is 0 Å². The highest BCUT2D eigenvalue weighted by Crippen LogP contribution is 2.32. The van der Waals surface area contributed by atoms with Crippen LogP contribution in [0.4, 0.5) is 5.69 Å². The number of nitriles is 1. The number of aliphatic hydroxyl groups excluding tert-OH is 3. The summed E-state index contributed by atoms with van der Waals surface area (Å²) in [6.45, 7) is 2.87. The lowest BCUT2D eigenvalue weighted by molar-refractivity contribution is -0.118. The molecule has 0 radical (unpaired) electrons. The van der Waals surface area contributed by atoms with E-state index in [4.69, 9.17) is 5.11 Å². The SMILES string of the molecule is C/C(=C(/C#N)C(=O)NCC(O)C(O)CO)c1ccc2cccc(N3CCC3)c2c1. The van der Waals surface area contributed by atoms with E-state index in [9.17, 15) is 20.3 Å². The predicted molar refractivity (Wildman–Crippen MR) is 111 cm³/mol. The van der Waals surface area contributed by atoms with Crippen LogP contribution in [0.5, 0.6) is 0 Å². The Morgan fingerprint density at radius 2 is 2.00 bits per heavy atom. The van der Waals surface area contributed by atoms with Crippen molar-refractivity contribution in [2.75, 3.05) is 31.1 Å². The predicted octanol–water partition coefficient (Wildman–Crippen LogP) is 1.18. The number of anilines is 1. The van der Waals surface area contributed by atoms with Crippen molar-refractivity contribution in [3.63, 3.8) is 0 Å². The topological polar surface area (TPSA) is 117 Å². The molecule has 1 aliphatic rings. The van der Waals surface area contributed by atoms with E-state index in [1.807, 2.05) is 36.4 Å². The minimum Gasteiger partial charge on any atom is -0.394 e. The zero-order valence-electron chi connectivity index (χ0n) is 16.3. The summed E-state index contributed by atoms with van der Waals surface area (Å²) >= 11 is 0. The molecule has 1 aliphatic heterocycles. The van der Waals surface area contributed by atoms with Gasteiger partial charge in [-0.2, -0.15) is 5.26 Å². The number of fused-ring (bicyclic) bond motifs is 1. The van der Waals surface area contributed by atoms with Crippen molar-refractivity contribution in [3.8, 4) is 6.07 Å². The molecule has 2 unspecified atom stereocenters. The monoisotopic (exact) mass is 395 g/mol. The third-order valence-corrected chi connectivity index (χ3v) is 5.31. The fourth-order valence-electron chi connectivity index (χ4n) is 3.31. The highest BCUT2D eigenvalue weighted by molar-refractivity contribution is 6.05. The second-order valence-corrected chi connectivity index (χ2v) is 7.19. The Kier molecular flexibility index (Phi) is 6.49. The van der Waals surface area contributed by atoms with Crippen LogP contribution in [0.2, 0.25) is 0 Å². The van der Waals surface area contributed by atoms with Crippen molar-refractivity contribution >= 4 is 27.9 Å². The van der Waals surface area contributed by atoms with Crippen LogP contribution in [0.3, 0.4) is 0 Å². The summed E-state index contributed by atoms with van der Waals surface area (Å²) in [6, 6.07) is 13.9. The van der Waals surface area contributed by atoms with E-state index in [0.29, 0.717) is 5.57 Å². The average molecular weight is 395 g/mol. The molecule has 0 spiro atoms. The van der Waals surface area contributed by atoms with Crippen molar-refractivity contribution in [1.29, 1.82) is 5.26 Å². The van der Waals surface area contributed by atoms with E-state index >= 15 is 0 Å². The maximum atomic E-state index is 12.4. The number of hydrogen-bond acceptors (Lipinski definition) is 6. The normalized spacial score (nSPS) is 16.4. The number of carbonyl (C=O) groups excluding carboxylic acids is 1. The van der Waals surface area contributed by atoms with Gasteiger partial charge < -0.3 is 25.5 Å². The molecule has 2 aromatic rings. The third-order valence-electron chi connectivity index (χ3n) is 5.31. The molecule has 29 heavy (non-hydrogen) atoms. The first-order valence-electron chi connectivity index (χ1n) is 9.60. The molecule has 3 rings (SSSR count). The Bertz CT molecular complexity index is 976. The van der Waals surface area contributed by atoms with E-state index in [0.717, 1.165) is 35.1 Å². The Labute approximate surface area is 169 Å². The van der Waals surface area contributed by atoms with Gasteiger partial charge in [-0.05, 0) is 42.0 Å². The quantitative estimate of drug-likeness (QED) is 0.413. The summed E-state index contributed by atoms with van der Waals surface area (Å²) in [7, 11) is 0. The van der Waals surface area contributed by atoms with E-state index < -0.39 is 24.7 Å². The lowest BCUT2D eigenvalue weighted by atomic mass is 9.97. The number of allylic oxidation sites excluding steroid dienone is 1. The molecule has 0 bridgehead atoms. The Hall–Kier alpha value is -2.92. The maximum Gasteiger partial charge on any atom is 0.262 e. The minimum absolute atomic E-state index is 0.0588. The molecule has 2 atom stereocenters. The fraction of sp³-hybridized carbons (Fsp3) is 0.364. The van der Waals surface area contributed by atoms with Crippen LogP contribution in [0, 0.1) is 11.3 Å². The Morgan fingerprint density at radius 1 is 1.24 bits per heavy atom. The van der Waals surface area contributed by atoms with E-state index in [2.05, 4.69) is 16.3 Å². The molecule has 1 fully saturated rings. The molecule has 7 nitrogen and oxygen atoms in total. The first-order valence-corrected chi connectivity index (χ1v) is 9.60. The molecule has 1 amide bonds. The summed E-state index contributed by atoms with van der Waals surface area (Å²) in [4.78, 5) is 14.7. The van der Waals surface area contributed by atoms with Crippen LogP contribution >= 0.6 is 0 Å². The molecular formula is C22H25N3O4. The van der Waals surface area contributed by atoms with Gasteiger partial charge in [-0.15, -0.1) is 0 Å². The summed E-state index contributed by atoms with van der Waals surface area (Å²) in [5.74, 6) is -0.634. The summed E-state index contributed by atoms with van der Waals surface area (Å²) < 4.78 is 0. The molecule has 0 aromatic heterocycles. The van der Waals surface area contributed by atoms with Gasteiger partial charge in [0.2, 0.25) is 0 Å². The average Bonchev–Trinajstić information content (AvgIpc) is 2.70. The first-order chi connectivity index (χ1) is 14.0. The van der Waals surface area contributed by atoms with Crippen molar-refractivity contribution in [1.82, 2.24) is 5.32 Å². The van der Waals surface area contributed by atoms with Crippen LogP contribution < -0.4 is 10.2 Å². The van der Waals surface area contributed by atoms with E-state index in [1.54, 1.807) is 6.92 Å². The van der Waals surface area contributed by atoms with Gasteiger partial charge in [0.05, 0.1) is 12.7 Å². The summed E-state index contributed by atoms with van der Waals surface area (Å²) in [5.41, 5.74) is 2.39. The fourth-order valence-corrected chi connectivity index (χ4v) is 3.31. The summed E-state index contributed by atoms with van der Waals surface area (Å²) in [5, 5.41) is 42.0. The Morgan fingerprint density at radius 3 is 2.62 bits per heavy atom. The van der Waals surface area contributed by atoms with Gasteiger partial charge in [0.15, 0.2) is 0 Å². The molecule has 0 aliphatic carbocycles. The van der Waals surface area contributed by atoms with Crippen molar-refractivity contribution < 1.29 is 20.1 Å². The highest BCUT2D eigenvalue weighted by Gasteiger charge is 2.20. The third kappa shape index (κ3) is 4.40. The largest absolute Gasteiger partial charge is 0.394 e. The number of aliphatic hydroxyl groups is 3. The van der Waals surface area contributed by atoms with Gasteiger partial charge in [0, 0.05) is 30.7 Å². The van der Waals surface area contributed by atoms with Crippen LogP contribution in [-0.4, -0.2) is 59.7 Å². The van der Waals surface area contributed by atoms with Crippen LogP contribution in [-0.2, 0) is 4.79 Å². The minimum atomic E-state index is -1.36. The van der Waals surface area contributed by atoms with Crippen molar-refractivity contribution in [2.45, 2.75) is 25.6 Å². The second kappa shape index (κ2) is 9.05. The number of amides is 1. The molecule has 7 heteroatoms. The standard InChI is InChI=1S/C22H25N3O4/c1-14(18(11-23)22(29)24-12-20(27)21(28)13-26)16-7-6-15-4-2-5-19(17(15)10-16)25-8-3-9-25/h2,4-7,10,20-21,26-28H,3,8-9,12-13H2,1H3,(H,24,29)/b18-14+. The molecule has 0 saturated carbocycles. The van der Waals surface area contributed by atoms with Gasteiger partial charge >= 0.3 is 0 Å². The number of nitrogens with zero attached hydrogens (tertiary/aromatic N) is 2. The van der Waals surface area contributed by atoms with Gasteiger partial charge in [0.25, 0.3) is 5.91 Å². The van der Waals surface area contributed by atoms with Crippen molar-refractivity contribution in [3.05, 3.63) is 47.5 Å². The van der Waals surface area contributed by atoms with Crippen LogP contribution in [0.1, 0.15) is 18.9 Å². The Balaban J connectivity index is 1.88. The smallest absolute Gasteiger partial charge is 0.262 e. The zero-order valence-corrected chi connectivity index (χ0v) is 16.3. The lowest BCUT2D eigenvalue weighted by Gasteiger charge is -2.34. The van der Waals surface area contributed by atoms with Gasteiger partial charge in [-0.25, -0.2) is 0 Å². The summed E-state index contributed by atoms with van der Waals surface area (Å²) in [6.07, 6.45) is -1.50. The number of nitrogens with one attached hydrogen (secondary N) is 1. The van der Waals surface area contributed by atoms with Gasteiger partial charge in [-0.3, -0.25) is 4.79 Å². The molecule has 152 valence electrons. The van der Waals surface area contributed by atoms with Gasteiger partial charge in [0.1, 0.15) is 17.7 Å². The van der Waals surface area contributed by atoms with Crippen LogP contribution in [0.25, 0.3) is 16.3 Å². The molecule has 1 heterocycles. The zero-order chi connectivity index (χ0) is 21.0. The number of benzene rings is 2. The number of carbonyl (C=O) groups is 1. The van der Waals surface area contributed by atoms with Crippen LogP contribution in [0.15, 0.2) is 42.0 Å². The molecule has 2 aromatic carbocycles. The number of hydrogen-bond donors (Lipinski definition) is 4. The maximum absolute atomic E-state index is 12.4. The van der Waals surface area contributed by atoms with Gasteiger partial charge in [-0.1, -0.05) is 24.3 Å². The number of rotatable bonds is 7. The lowest BCUT2D eigenvalue weighted by Crippen LogP contribution is -2.41. The molecular weight excluding hydrogens is 370 g/mol. The first kappa shape index (κ1) is 20.8. The van der Waals surface area contributed by atoms with E-state index in [1.165, 1.54) is 6.42 Å². The second-order valence-electron chi connectivity index (χ2n) is 7.19. The van der Waals surface area contributed by atoms with E-state index in [-0.39, 0.29) is 12.1 Å². The molecule has 1 saturated heterocycles.